The van der Waals surface area contributed by atoms with Gasteiger partial charge >= 0.3 is 0 Å². The molecule has 8 atom stereocenters. The number of aliphatic hydroxyl groups is 2. The van der Waals surface area contributed by atoms with Crippen molar-refractivity contribution < 1.29 is 10.2 Å². The molecule has 3 saturated carbocycles. The van der Waals surface area contributed by atoms with E-state index in [-0.39, 0.29) is 12.2 Å². The normalized spacial score (nSPS) is 45.7. The van der Waals surface area contributed by atoms with Gasteiger partial charge in [-0.15, -0.1) is 0 Å². The minimum Gasteiger partial charge on any atom is -0.393 e. The van der Waals surface area contributed by atoms with E-state index >= 15 is 0 Å². The van der Waals surface area contributed by atoms with Gasteiger partial charge < -0.3 is 10.2 Å². The molecule has 0 aliphatic heterocycles. The van der Waals surface area contributed by atoms with Gasteiger partial charge in [-0.3, -0.25) is 0 Å². The fourth-order valence-electron chi connectivity index (χ4n) is 8.45. The minimum absolute atomic E-state index is 0.147. The van der Waals surface area contributed by atoms with Crippen LogP contribution in [0.4, 0.5) is 0 Å². The smallest absolute Gasteiger partial charge is 0.0758 e. The molecule has 2 heteroatoms. The van der Waals surface area contributed by atoms with Crippen molar-refractivity contribution in [3.05, 3.63) is 11.1 Å². The standard InChI is InChI=1S/C27H46O2/c1-17(2)7-6-8-18(3)21-9-10-22-25-23(12-14-27(21,22)5)26(4)13-11-20(28)15-19(26)16-24(25)29/h17-21,23-24,28-29H,6-16H2,1-5H3/t18-,19-,20+,21-,23+,24+,26+,27-/m1/s1. The molecule has 29 heavy (non-hydrogen) atoms. The Morgan fingerprint density at radius 1 is 0.966 bits per heavy atom. The zero-order valence-corrected chi connectivity index (χ0v) is 19.7. The number of allylic oxidation sites excluding steroid dienone is 1. The summed E-state index contributed by atoms with van der Waals surface area (Å²) in [4.78, 5) is 0. The van der Waals surface area contributed by atoms with Crippen LogP contribution in [0.2, 0.25) is 0 Å². The number of rotatable bonds is 5. The van der Waals surface area contributed by atoms with Gasteiger partial charge in [0.05, 0.1) is 12.2 Å². The van der Waals surface area contributed by atoms with Crippen molar-refractivity contribution in [2.75, 3.05) is 0 Å². The number of aliphatic hydroxyl groups excluding tert-OH is 2. The van der Waals surface area contributed by atoms with Crippen LogP contribution in [0.15, 0.2) is 11.1 Å². The molecule has 0 aromatic carbocycles. The van der Waals surface area contributed by atoms with Crippen LogP contribution in [-0.2, 0) is 0 Å². The molecule has 3 fully saturated rings. The van der Waals surface area contributed by atoms with Gasteiger partial charge in [0.2, 0.25) is 0 Å². The molecular formula is C27H46O2. The van der Waals surface area contributed by atoms with Crippen LogP contribution in [0.3, 0.4) is 0 Å². The molecule has 0 bridgehead atoms. The van der Waals surface area contributed by atoms with Gasteiger partial charge in [0.1, 0.15) is 0 Å². The summed E-state index contributed by atoms with van der Waals surface area (Å²) in [6.07, 6.45) is 12.7. The first-order chi connectivity index (χ1) is 13.7. The van der Waals surface area contributed by atoms with E-state index in [0.29, 0.717) is 22.7 Å². The fraction of sp³-hybridized carbons (Fsp3) is 0.926. The molecule has 0 amide bonds. The van der Waals surface area contributed by atoms with Crippen molar-refractivity contribution in [3.8, 4) is 0 Å². The molecule has 0 radical (unpaired) electrons. The van der Waals surface area contributed by atoms with E-state index in [1.807, 2.05) is 0 Å². The summed E-state index contributed by atoms with van der Waals surface area (Å²) in [6, 6.07) is 0. The molecule has 166 valence electrons. The van der Waals surface area contributed by atoms with Crippen molar-refractivity contribution in [3.63, 3.8) is 0 Å². The molecule has 4 aliphatic carbocycles. The van der Waals surface area contributed by atoms with E-state index in [0.717, 1.165) is 43.4 Å². The van der Waals surface area contributed by atoms with Gasteiger partial charge in [0, 0.05) is 0 Å². The highest BCUT2D eigenvalue weighted by atomic mass is 16.3. The highest BCUT2D eigenvalue weighted by Gasteiger charge is 2.57. The molecule has 4 aliphatic rings. The first-order valence-corrected chi connectivity index (χ1v) is 12.8. The summed E-state index contributed by atoms with van der Waals surface area (Å²) in [7, 11) is 0. The van der Waals surface area contributed by atoms with E-state index in [1.54, 1.807) is 5.57 Å². The van der Waals surface area contributed by atoms with Gasteiger partial charge in [-0.2, -0.15) is 0 Å². The number of hydrogen-bond acceptors (Lipinski definition) is 2. The van der Waals surface area contributed by atoms with Gasteiger partial charge in [0.25, 0.3) is 0 Å². The van der Waals surface area contributed by atoms with Crippen molar-refractivity contribution >= 4 is 0 Å². The maximum absolute atomic E-state index is 11.3. The molecule has 4 rings (SSSR count). The predicted octanol–water partition coefficient (Wildman–Crippen LogP) is 6.50. The third-order valence-electron chi connectivity index (χ3n) is 10.2. The summed E-state index contributed by atoms with van der Waals surface area (Å²) in [5, 5.41) is 21.5. The van der Waals surface area contributed by atoms with E-state index in [2.05, 4.69) is 34.6 Å². The molecular weight excluding hydrogens is 356 g/mol. The van der Waals surface area contributed by atoms with E-state index in [1.165, 1.54) is 50.5 Å². The Morgan fingerprint density at radius 3 is 2.45 bits per heavy atom. The second kappa shape index (κ2) is 7.97. The van der Waals surface area contributed by atoms with Crippen LogP contribution in [0.5, 0.6) is 0 Å². The SMILES string of the molecule is CC(C)CCC[C@@H](C)[C@H]1CCC2=C3[C@@H](O)C[C@H]4C[C@@H](O)CC[C@]4(C)[C@H]3CC[C@@]21C. The third-order valence-corrected chi connectivity index (χ3v) is 10.2. The summed E-state index contributed by atoms with van der Waals surface area (Å²) >= 11 is 0. The summed E-state index contributed by atoms with van der Waals surface area (Å²) < 4.78 is 0. The van der Waals surface area contributed by atoms with E-state index < -0.39 is 0 Å². The molecule has 2 N–H and O–H groups in total. The Bertz CT molecular complexity index is 636. The molecule has 0 saturated heterocycles. The number of fused-ring (bicyclic) bond motifs is 4. The van der Waals surface area contributed by atoms with Gasteiger partial charge in [-0.1, -0.05) is 59.5 Å². The Balaban J connectivity index is 1.58. The zero-order valence-electron chi connectivity index (χ0n) is 19.7. The second-order valence-corrected chi connectivity index (χ2v) is 12.3. The maximum Gasteiger partial charge on any atom is 0.0758 e. The van der Waals surface area contributed by atoms with Crippen molar-refractivity contribution in [2.45, 2.75) is 117 Å². The quantitative estimate of drug-likeness (QED) is 0.515. The van der Waals surface area contributed by atoms with Crippen molar-refractivity contribution in [2.24, 2.45) is 40.4 Å². The first-order valence-electron chi connectivity index (χ1n) is 12.8. The lowest BCUT2D eigenvalue weighted by Gasteiger charge is -2.58. The zero-order chi connectivity index (χ0) is 21.0. The van der Waals surface area contributed by atoms with Crippen LogP contribution in [0, 0.1) is 40.4 Å². The Kier molecular flexibility index (Phi) is 6.01. The molecule has 0 aromatic heterocycles. The summed E-state index contributed by atoms with van der Waals surface area (Å²) in [5.41, 5.74) is 3.77. The monoisotopic (exact) mass is 402 g/mol. The summed E-state index contributed by atoms with van der Waals surface area (Å²) in [6.45, 7) is 12.2. The molecule has 0 aromatic rings. The maximum atomic E-state index is 11.3. The largest absolute Gasteiger partial charge is 0.393 e. The molecule has 2 nitrogen and oxygen atoms in total. The lowest BCUT2D eigenvalue weighted by atomic mass is 9.48. The predicted molar refractivity (Wildman–Crippen MR) is 121 cm³/mol. The van der Waals surface area contributed by atoms with E-state index in [4.69, 9.17) is 0 Å². The van der Waals surface area contributed by atoms with Crippen molar-refractivity contribution in [1.29, 1.82) is 0 Å². The second-order valence-electron chi connectivity index (χ2n) is 12.3. The Hall–Kier alpha value is -0.340. The first kappa shape index (κ1) is 21.9. The van der Waals surface area contributed by atoms with Crippen LogP contribution in [0.1, 0.15) is 105 Å². The molecule has 0 unspecified atom stereocenters. The highest BCUT2D eigenvalue weighted by molar-refractivity contribution is 5.37. The molecule has 0 heterocycles. The minimum atomic E-state index is -0.256. The third kappa shape index (κ3) is 3.65. The highest BCUT2D eigenvalue weighted by Crippen LogP contribution is 2.65. The lowest BCUT2D eigenvalue weighted by Crippen LogP contribution is -2.52. The summed E-state index contributed by atoms with van der Waals surface area (Å²) in [5.74, 6) is 3.45. The average Bonchev–Trinajstić information content (AvgIpc) is 3.00. The van der Waals surface area contributed by atoms with Crippen LogP contribution >= 0.6 is 0 Å². The average molecular weight is 403 g/mol. The van der Waals surface area contributed by atoms with Gasteiger partial charge in [-0.25, -0.2) is 0 Å². The Morgan fingerprint density at radius 2 is 1.72 bits per heavy atom. The van der Waals surface area contributed by atoms with Crippen molar-refractivity contribution in [1.82, 2.24) is 0 Å². The topological polar surface area (TPSA) is 40.5 Å². The van der Waals surface area contributed by atoms with Gasteiger partial charge in [0.15, 0.2) is 0 Å². The van der Waals surface area contributed by atoms with E-state index in [9.17, 15) is 10.2 Å². The lowest BCUT2D eigenvalue weighted by molar-refractivity contribution is -0.0664. The molecule has 0 spiro atoms. The van der Waals surface area contributed by atoms with Crippen LogP contribution in [-0.4, -0.2) is 22.4 Å². The van der Waals surface area contributed by atoms with Gasteiger partial charge in [-0.05, 0) is 97.4 Å². The fourth-order valence-corrected chi connectivity index (χ4v) is 8.45. The van der Waals surface area contributed by atoms with Crippen LogP contribution < -0.4 is 0 Å². The Labute approximate surface area is 179 Å². The van der Waals surface area contributed by atoms with Crippen LogP contribution in [0.25, 0.3) is 0 Å². The number of hydrogen-bond donors (Lipinski definition) is 2.